The summed E-state index contributed by atoms with van der Waals surface area (Å²) in [5.74, 6) is 1.59. The average molecular weight is 271 g/mol. The van der Waals surface area contributed by atoms with Crippen LogP contribution in [-0.4, -0.2) is 19.6 Å². The lowest BCUT2D eigenvalue weighted by Crippen LogP contribution is -2.12. The number of aromatic nitrogens is 4. The number of nitrogens with two attached hydrogens (primary N) is 1. The highest BCUT2D eigenvalue weighted by molar-refractivity contribution is 5.59. The van der Waals surface area contributed by atoms with E-state index < -0.39 is 0 Å². The number of aryl methyl sites for hydroxylation is 2. The van der Waals surface area contributed by atoms with Crippen molar-refractivity contribution in [3.05, 3.63) is 29.7 Å². The van der Waals surface area contributed by atoms with Crippen LogP contribution in [0.5, 0.6) is 0 Å². The molecule has 0 radical (unpaired) electrons. The normalized spacial score (nSPS) is 14.0. The van der Waals surface area contributed by atoms with E-state index in [-0.39, 0.29) is 7.43 Å². The van der Waals surface area contributed by atoms with Crippen molar-refractivity contribution < 1.29 is 4.42 Å². The van der Waals surface area contributed by atoms with Gasteiger partial charge in [-0.3, -0.25) is 0 Å². The van der Waals surface area contributed by atoms with Gasteiger partial charge in [0.05, 0.1) is 12.0 Å². The Labute approximate surface area is 116 Å². The summed E-state index contributed by atoms with van der Waals surface area (Å²) in [4.78, 5) is 9.01. The van der Waals surface area contributed by atoms with E-state index in [4.69, 9.17) is 10.2 Å². The molecule has 2 N–H and O–H groups in total. The molecule has 1 aliphatic carbocycles. The Bertz CT molecular complexity index is 745. The second kappa shape index (κ2) is 4.63. The molecule has 1 aliphatic rings. The molecule has 3 aromatic rings. The van der Waals surface area contributed by atoms with Crippen LogP contribution in [0, 0.1) is 0 Å². The third-order valence-corrected chi connectivity index (χ3v) is 3.52. The zero-order valence-electron chi connectivity index (χ0n) is 10.3. The molecule has 0 amide bonds. The molecule has 6 heteroatoms. The maximum Gasteiger partial charge on any atom is 0.223 e. The van der Waals surface area contributed by atoms with Gasteiger partial charge in [-0.25, -0.2) is 9.97 Å². The number of furan rings is 1. The van der Waals surface area contributed by atoms with Gasteiger partial charge in [0, 0.05) is 5.56 Å². The lowest BCUT2D eigenvalue weighted by atomic mass is 9.97. The van der Waals surface area contributed by atoms with Crippen molar-refractivity contribution >= 4 is 11.6 Å². The van der Waals surface area contributed by atoms with Crippen LogP contribution in [0.1, 0.15) is 31.5 Å². The molecule has 0 spiro atoms. The topological polar surface area (TPSA) is 82.2 Å². The highest BCUT2D eigenvalue weighted by Crippen LogP contribution is 2.26. The van der Waals surface area contributed by atoms with Gasteiger partial charge in [0.15, 0.2) is 11.4 Å². The highest BCUT2D eigenvalue weighted by Gasteiger charge is 2.20. The van der Waals surface area contributed by atoms with E-state index in [0.29, 0.717) is 17.5 Å². The van der Waals surface area contributed by atoms with Crippen molar-refractivity contribution in [2.45, 2.75) is 33.1 Å². The number of nitrogen functional groups attached to an aromatic ring is 1. The monoisotopic (exact) mass is 271 g/mol. The number of hydrogen-bond donors (Lipinski definition) is 1. The summed E-state index contributed by atoms with van der Waals surface area (Å²) in [6, 6.07) is 3.66. The van der Waals surface area contributed by atoms with Crippen LogP contribution in [0.4, 0.5) is 5.95 Å². The molecule has 0 bridgehead atoms. The van der Waals surface area contributed by atoms with Crippen molar-refractivity contribution in [1.82, 2.24) is 19.6 Å². The van der Waals surface area contributed by atoms with Crippen LogP contribution in [0.15, 0.2) is 22.8 Å². The molecule has 6 nitrogen and oxygen atoms in total. The molecule has 4 rings (SSSR count). The van der Waals surface area contributed by atoms with E-state index in [0.717, 1.165) is 37.0 Å². The Balaban J connectivity index is 0.00000121. The van der Waals surface area contributed by atoms with E-state index in [9.17, 15) is 0 Å². The van der Waals surface area contributed by atoms with Gasteiger partial charge in [0.2, 0.25) is 11.8 Å². The van der Waals surface area contributed by atoms with E-state index in [1.54, 1.807) is 10.8 Å². The SMILES string of the molecule is C.Nc1nc2c(c3nc(-c4ccco4)nn13)CCCC2. The minimum Gasteiger partial charge on any atom is -0.461 e. The molecule has 0 unspecified atom stereocenters. The minimum absolute atomic E-state index is 0. The van der Waals surface area contributed by atoms with Gasteiger partial charge >= 0.3 is 0 Å². The molecular weight excluding hydrogens is 254 g/mol. The molecule has 0 aromatic carbocycles. The summed E-state index contributed by atoms with van der Waals surface area (Å²) < 4.78 is 6.95. The van der Waals surface area contributed by atoms with Gasteiger partial charge in [-0.1, -0.05) is 7.43 Å². The summed E-state index contributed by atoms with van der Waals surface area (Å²) in [7, 11) is 0. The Morgan fingerprint density at radius 1 is 1.20 bits per heavy atom. The average Bonchev–Trinajstić information content (AvgIpc) is 3.08. The van der Waals surface area contributed by atoms with Gasteiger partial charge in [0.1, 0.15) is 0 Å². The molecule has 20 heavy (non-hydrogen) atoms. The summed E-state index contributed by atoms with van der Waals surface area (Å²) >= 11 is 0. The fourth-order valence-electron chi connectivity index (χ4n) is 2.62. The zero-order valence-corrected chi connectivity index (χ0v) is 10.3. The first-order chi connectivity index (χ1) is 9.33. The molecule has 0 atom stereocenters. The van der Waals surface area contributed by atoms with Crippen LogP contribution >= 0.6 is 0 Å². The van der Waals surface area contributed by atoms with Gasteiger partial charge in [-0.05, 0) is 37.8 Å². The quantitative estimate of drug-likeness (QED) is 0.735. The largest absolute Gasteiger partial charge is 0.461 e. The Morgan fingerprint density at radius 3 is 2.85 bits per heavy atom. The molecule has 0 saturated carbocycles. The Morgan fingerprint density at radius 2 is 2.05 bits per heavy atom. The summed E-state index contributed by atoms with van der Waals surface area (Å²) in [6.45, 7) is 0. The van der Waals surface area contributed by atoms with Gasteiger partial charge < -0.3 is 10.2 Å². The number of fused-ring (bicyclic) bond motifs is 3. The third kappa shape index (κ3) is 1.76. The van der Waals surface area contributed by atoms with Crippen LogP contribution in [0.2, 0.25) is 0 Å². The number of nitrogens with zero attached hydrogens (tertiary/aromatic N) is 4. The first kappa shape index (κ1) is 12.7. The lowest BCUT2D eigenvalue weighted by Gasteiger charge is -2.15. The van der Waals surface area contributed by atoms with Gasteiger partial charge in [-0.2, -0.15) is 4.52 Å². The summed E-state index contributed by atoms with van der Waals surface area (Å²) in [5, 5.41) is 4.39. The number of anilines is 1. The summed E-state index contributed by atoms with van der Waals surface area (Å²) in [6.07, 6.45) is 5.89. The Kier molecular flexibility index (Phi) is 2.93. The minimum atomic E-state index is 0. The number of rotatable bonds is 1. The smallest absolute Gasteiger partial charge is 0.223 e. The predicted molar refractivity (Wildman–Crippen MR) is 76.3 cm³/mol. The maximum atomic E-state index is 5.97. The maximum absolute atomic E-state index is 5.97. The van der Waals surface area contributed by atoms with Crippen molar-refractivity contribution in [2.24, 2.45) is 0 Å². The molecule has 0 saturated heterocycles. The van der Waals surface area contributed by atoms with E-state index in [1.165, 1.54) is 5.56 Å². The number of hydrogen-bond acceptors (Lipinski definition) is 5. The van der Waals surface area contributed by atoms with Crippen LogP contribution in [0.3, 0.4) is 0 Å². The lowest BCUT2D eigenvalue weighted by molar-refractivity contribution is 0.577. The second-order valence-corrected chi connectivity index (χ2v) is 4.75. The predicted octanol–water partition coefficient (Wildman–Crippen LogP) is 2.48. The highest BCUT2D eigenvalue weighted by atomic mass is 16.3. The zero-order chi connectivity index (χ0) is 12.8. The molecule has 3 heterocycles. The molecule has 0 fully saturated rings. The van der Waals surface area contributed by atoms with Crippen molar-refractivity contribution in [2.75, 3.05) is 5.73 Å². The van der Waals surface area contributed by atoms with Crippen LogP contribution in [0.25, 0.3) is 17.2 Å². The molecular formula is C14H17N5O. The van der Waals surface area contributed by atoms with Gasteiger partial charge in [0.25, 0.3) is 0 Å². The fraction of sp³-hybridized carbons (Fsp3) is 0.357. The second-order valence-electron chi connectivity index (χ2n) is 4.75. The first-order valence-electron chi connectivity index (χ1n) is 6.41. The van der Waals surface area contributed by atoms with Crippen molar-refractivity contribution in [1.29, 1.82) is 0 Å². The van der Waals surface area contributed by atoms with Crippen molar-refractivity contribution in [3.8, 4) is 11.6 Å². The fourth-order valence-corrected chi connectivity index (χ4v) is 2.62. The van der Waals surface area contributed by atoms with Crippen LogP contribution in [-0.2, 0) is 12.8 Å². The van der Waals surface area contributed by atoms with Crippen LogP contribution < -0.4 is 5.73 Å². The van der Waals surface area contributed by atoms with Crippen molar-refractivity contribution in [3.63, 3.8) is 0 Å². The molecule has 3 aromatic heterocycles. The molecule has 0 aliphatic heterocycles. The van der Waals surface area contributed by atoms with Gasteiger partial charge in [-0.15, -0.1) is 5.10 Å². The van der Waals surface area contributed by atoms with E-state index in [2.05, 4.69) is 15.1 Å². The van der Waals surface area contributed by atoms with E-state index in [1.807, 2.05) is 12.1 Å². The first-order valence-corrected chi connectivity index (χ1v) is 6.41. The molecule has 104 valence electrons. The third-order valence-electron chi connectivity index (χ3n) is 3.52. The van der Waals surface area contributed by atoms with E-state index >= 15 is 0 Å². The Hall–Kier alpha value is -2.37. The summed E-state index contributed by atoms with van der Waals surface area (Å²) in [5.41, 5.74) is 9.02. The standard InChI is InChI=1S/C13H13N5O.CH4/c14-13-15-9-5-2-1-4-8(9)12-16-11(17-18(12)13)10-6-3-7-19-10;/h3,6-7H,1-2,4-5H2,(H2,14,15);1H4.